The monoisotopic (exact) mass is 403 g/mol. The van der Waals surface area contributed by atoms with Crippen LogP contribution in [0.3, 0.4) is 0 Å². The molecule has 0 bridgehead atoms. The molecule has 1 aliphatic rings. The van der Waals surface area contributed by atoms with E-state index in [9.17, 15) is 9.59 Å². The molecular weight excluding hydrogens is 382 g/mol. The van der Waals surface area contributed by atoms with Crippen LogP contribution in [0, 0.1) is 0 Å². The van der Waals surface area contributed by atoms with Crippen molar-refractivity contribution in [1.29, 1.82) is 0 Å². The molecule has 7 nitrogen and oxygen atoms in total. The number of aromatic nitrogens is 2. The number of carboxylic acids is 1. The molecule has 0 radical (unpaired) electrons. The molecule has 0 saturated carbocycles. The second-order valence-corrected chi connectivity index (χ2v) is 7.99. The third-order valence-corrected chi connectivity index (χ3v) is 4.39. The van der Waals surface area contributed by atoms with Crippen LogP contribution in [0.2, 0.25) is 5.28 Å². The summed E-state index contributed by atoms with van der Waals surface area (Å²) in [5.41, 5.74) is 2.17. The Labute approximate surface area is 168 Å². The standard InChI is InChI=1S/C20H22ClN3O4/c1-20(2,3)28-19(27)24(13-9-7-12(8-10-13)11-16(25)26)17-14-5-4-6-15(14)22-18(21)23-17/h7-10H,4-6,11H2,1-3H3,(H,25,26). The fourth-order valence-corrected chi connectivity index (χ4v) is 3.31. The minimum absolute atomic E-state index is 0.0757. The average Bonchev–Trinajstić information content (AvgIpc) is 3.02. The van der Waals surface area contributed by atoms with Gasteiger partial charge in [0.05, 0.1) is 17.8 Å². The Morgan fingerprint density at radius 1 is 1.18 bits per heavy atom. The molecule has 1 aromatic heterocycles. The Bertz CT molecular complexity index is 907. The van der Waals surface area contributed by atoms with Crippen LogP contribution < -0.4 is 4.90 Å². The first-order valence-corrected chi connectivity index (χ1v) is 9.41. The Balaban J connectivity index is 2.06. The summed E-state index contributed by atoms with van der Waals surface area (Å²) in [7, 11) is 0. The van der Waals surface area contributed by atoms with E-state index in [1.807, 2.05) is 0 Å². The van der Waals surface area contributed by atoms with Gasteiger partial charge in [-0.2, -0.15) is 4.98 Å². The Morgan fingerprint density at radius 3 is 2.46 bits per heavy atom. The first kappa shape index (κ1) is 20.1. The van der Waals surface area contributed by atoms with Gasteiger partial charge < -0.3 is 9.84 Å². The molecule has 28 heavy (non-hydrogen) atoms. The van der Waals surface area contributed by atoms with Crippen molar-refractivity contribution in [1.82, 2.24) is 9.97 Å². The van der Waals surface area contributed by atoms with E-state index in [4.69, 9.17) is 21.4 Å². The highest BCUT2D eigenvalue weighted by Crippen LogP contribution is 2.35. The lowest BCUT2D eigenvalue weighted by Crippen LogP contribution is -2.35. The van der Waals surface area contributed by atoms with Crippen LogP contribution in [0.25, 0.3) is 0 Å². The number of anilines is 2. The number of carbonyl (C=O) groups is 2. The molecule has 0 fully saturated rings. The van der Waals surface area contributed by atoms with E-state index in [2.05, 4.69) is 9.97 Å². The molecule has 1 aliphatic carbocycles. The lowest BCUT2D eigenvalue weighted by Gasteiger charge is -2.28. The number of fused-ring (bicyclic) bond motifs is 1. The van der Waals surface area contributed by atoms with Gasteiger partial charge in [0, 0.05) is 5.56 Å². The minimum atomic E-state index is -0.919. The molecule has 0 unspecified atom stereocenters. The summed E-state index contributed by atoms with van der Waals surface area (Å²) >= 11 is 6.11. The van der Waals surface area contributed by atoms with Crippen LogP contribution in [0.1, 0.15) is 44.0 Å². The van der Waals surface area contributed by atoms with Crippen molar-refractivity contribution >= 4 is 35.2 Å². The number of halogens is 1. The maximum atomic E-state index is 13.0. The smallest absolute Gasteiger partial charge is 0.420 e. The third kappa shape index (κ3) is 4.59. The molecule has 0 spiro atoms. The predicted octanol–water partition coefficient (Wildman–Crippen LogP) is 4.32. The number of aliphatic carboxylic acids is 1. The predicted molar refractivity (Wildman–Crippen MR) is 105 cm³/mol. The quantitative estimate of drug-likeness (QED) is 0.764. The molecule has 0 aliphatic heterocycles. The number of hydrogen-bond donors (Lipinski definition) is 1. The molecular formula is C20H22ClN3O4. The summed E-state index contributed by atoms with van der Waals surface area (Å²) < 4.78 is 5.59. The molecule has 148 valence electrons. The topological polar surface area (TPSA) is 92.6 Å². The largest absolute Gasteiger partial charge is 0.481 e. The van der Waals surface area contributed by atoms with Gasteiger partial charge >= 0.3 is 12.1 Å². The van der Waals surface area contributed by atoms with E-state index in [1.165, 1.54) is 4.90 Å². The minimum Gasteiger partial charge on any atom is -0.481 e. The molecule has 1 heterocycles. The van der Waals surface area contributed by atoms with Gasteiger partial charge in [0.2, 0.25) is 5.28 Å². The van der Waals surface area contributed by atoms with Crippen molar-refractivity contribution in [3.8, 4) is 0 Å². The average molecular weight is 404 g/mol. The van der Waals surface area contributed by atoms with Gasteiger partial charge in [-0.25, -0.2) is 14.7 Å². The summed E-state index contributed by atoms with van der Waals surface area (Å²) in [5, 5.41) is 9.04. The van der Waals surface area contributed by atoms with E-state index in [1.54, 1.807) is 45.0 Å². The van der Waals surface area contributed by atoms with Crippen molar-refractivity contribution in [2.45, 2.75) is 52.1 Å². The van der Waals surface area contributed by atoms with Crippen LogP contribution in [-0.4, -0.2) is 32.7 Å². The molecule has 1 aromatic carbocycles. The highest BCUT2D eigenvalue weighted by atomic mass is 35.5. The summed E-state index contributed by atoms with van der Waals surface area (Å²) in [4.78, 5) is 34.0. The first-order valence-electron chi connectivity index (χ1n) is 9.03. The van der Waals surface area contributed by atoms with Crippen LogP contribution >= 0.6 is 11.6 Å². The molecule has 0 atom stereocenters. The zero-order chi connectivity index (χ0) is 20.5. The van der Waals surface area contributed by atoms with Crippen molar-refractivity contribution in [2.75, 3.05) is 4.90 Å². The zero-order valence-corrected chi connectivity index (χ0v) is 16.8. The number of rotatable bonds is 4. The number of nitrogens with zero attached hydrogens (tertiary/aromatic N) is 3. The highest BCUT2D eigenvalue weighted by Gasteiger charge is 2.31. The van der Waals surface area contributed by atoms with Gasteiger partial charge in [0.15, 0.2) is 5.82 Å². The molecule has 0 saturated heterocycles. The summed E-state index contributed by atoms with van der Waals surface area (Å²) in [6.07, 6.45) is 1.77. The summed E-state index contributed by atoms with van der Waals surface area (Å²) in [6.45, 7) is 5.36. The number of benzene rings is 1. The van der Waals surface area contributed by atoms with Gasteiger partial charge in [0.1, 0.15) is 5.60 Å². The van der Waals surface area contributed by atoms with Crippen LogP contribution in [0.15, 0.2) is 24.3 Å². The fourth-order valence-electron chi connectivity index (χ4n) is 3.13. The van der Waals surface area contributed by atoms with Crippen LogP contribution in [0.4, 0.5) is 16.3 Å². The molecule has 1 amide bonds. The van der Waals surface area contributed by atoms with Crippen molar-refractivity contribution in [3.63, 3.8) is 0 Å². The van der Waals surface area contributed by atoms with Crippen LogP contribution in [-0.2, 0) is 28.8 Å². The molecule has 1 N–H and O–H groups in total. The Kier molecular flexibility index (Phi) is 5.56. The van der Waals surface area contributed by atoms with Crippen molar-refractivity contribution < 1.29 is 19.4 Å². The van der Waals surface area contributed by atoms with E-state index in [0.29, 0.717) is 17.1 Å². The van der Waals surface area contributed by atoms with Crippen molar-refractivity contribution in [3.05, 3.63) is 46.4 Å². The van der Waals surface area contributed by atoms with E-state index in [-0.39, 0.29) is 11.7 Å². The van der Waals surface area contributed by atoms with Gasteiger partial charge in [0.25, 0.3) is 0 Å². The normalized spacial score (nSPS) is 13.1. The van der Waals surface area contributed by atoms with Gasteiger partial charge in [-0.05, 0) is 69.3 Å². The summed E-state index contributed by atoms with van der Waals surface area (Å²) in [6, 6.07) is 6.70. The first-order chi connectivity index (χ1) is 13.1. The summed E-state index contributed by atoms with van der Waals surface area (Å²) in [5.74, 6) is -0.509. The molecule has 8 heteroatoms. The number of amides is 1. The zero-order valence-electron chi connectivity index (χ0n) is 16.0. The molecule has 3 rings (SSSR count). The maximum Gasteiger partial charge on any atom is 0.420 e. The number of carboxylic acid groups (broad SMARTS) is 1. The van der Waals surface area contributed by atoms with E-state index < -0.39 is 17.7 Å². The number of ether oxygens (including phenoxy) is 1. The second-order valence-electron chi connectivity index (χ2n) is 7.65. The Hall–Kier alpha value is -2.67. The second kappa shape index (κ2) is 7.75. The van der Waals surface area contributed by atoms with Gasteiger partial charge in [-0.15, -0.1) is 0 Å². The highest BCUT2D eigenvalue weighted by molar-refractivity contribution is 6.28. The fraction of sp³-hybridized carbons (Fsp3) is 0.400. The van der Waals surface area contributed by atoms with Gasteiger partial charge in [-0.3, -0.25) is 4.79 Å². The number of carbonyl (C=O) groups excluding carboxylic acids is 1. The number of aryl methyl sites for hydroxylation is 1. The third-order valence-electron chi connectivity index (χ3n) is 4.22. The lowest BCUT2D eigenvalue weighted by atomic mass is 10.1. The maximum absolute atomic E-state index is 13.0. The number of hydrogen-bond acceptors (Lipinski definition) is 5. The van der Waals surface area contributed by atoms with Crippen molar-refractivity contribution in [2.24, 2.45) is 0 Å². The van der Waals surface area contributed by atoms with E-state index in [0.717, 1.165) is 30.5 Å². The van der Waals surface area contributed by atoms with E-state index >= 15 is 0 Å². The molecule has 2 aromatic rings. The van der Waals surface area contributed by atoms with Gasteiger partial charge in [-0.1, -0.05) is 12.1 Å². The SMILES string of the molecule is CC(C)(C)OC(=O)N(c1ccc(CC(=O)O)cc1)c1nc(Cl)nc2c1CCC2. The lowest BCUT2D eigenvalue weighted by molar-refractivity contribution is -0.136. The Morgan fingerprint density at radius 2 is 1.86 bits per heavy atom. The van der Waals surface area contributed by atoms with Crippen LogP contribution in [0.5, 0.6) is 0 Å².